The van der Waals surface area contributed by atoms with Crippen molar-refractivity contribution in [2.45, 2.75) is 24.3 Å². The number of hydrogen-bond donors (Lipinski definition) is 2. The van der Waals surface area contributed by atoms with E-state index in [4.69, 9.17) is 10.2 Å². The highest BCUT2D eigenvalue weighted by Crippen LogP contribution is 2.23. The molecule has 82 valence electrons. The third kappa shape index (κ3) is 9.73. The summed E-state index contributed by atoms with van der Waals surface area (Å²) in [6.45, 7) is 1.96. The molecule has 0 aliphatic carbocycles. The third-order valence-electron chi connectivity index (χ3n) is 1.34. The van der Waals surface area contributed by atoms with Crippen molar-refractivity contribution in [3.63, 3.8) is 0 Å². The molecule has 0 amide bonds. The Morgan fingerprint density at radius 2 is 1.43 bits per heavy atom. The first-order valence-corrected chi connectivity index (χ1v) is 6.29. The Morgan fingerprint density at radius 3 is 1.71 bits per heavy atom. The SMILES string of the molecule is CC(SCCC(=O)O)SCCC(=O)O. The summed E-state index contributed by atoms with van der Waals surface area (Å²) >= 11 is 3.09. The molecule has 0 spiro atoms. The summed E-state index contributed by atoms with van der Waals surface area (Å²) in [5.74, 6) is -0.423. The van der Waals surface area contributed by atoms with E-state index >= 15 is 0 Å². The van der Waals surface area contributed by atoms with Crippen LogP contribution in [0.15, 0.2) is 0 Å². The molecule has 0 aliphatic rings. The minimum atomic E-state index is -0.791. The summed E-state index contributed by atoms with van der Waals surface area (Å²) in [6, 6.07) is 0. The maximum absolute atomic E-state index is 10.2. The van der Waals surface area contributed by atoms with Crippen LogP contribution in [0, 0.1) is 0 Å². The Hall–Kier alpha value is -0.360. The van der Waals surface area contributed by atoms with Gasteiger partial charge in [-0.1, -0.05) is 0 Å². The molecule has 0 saturated heterocycles. The molecule has 4 nitrogen and oxygen atoms in total. The number of hydrogen-bond acceptors (Lipinski definition) is 4. The van der Waals surface area contributed by atoms with Gasteiger partial charge in [-0.2, -0.15) is 0 Å². The van der Waals surface area contributed by atoms with E-state index < -0.39 is 11.9 Å². The number of carboxylic acids is 2. The Labute approximate surface area is 91.5 Å². The standard InChI is InChI=1S/C8H14O4S2/c1-6(13-4-2-7(9)10)14-5-3-8(11)12/h6H,2-5H2,1H3,(H,9,10)(H,11,12). The summed E-state index contributed by atoms with van der Waals surface area (Å²) in [5.41, 5.74) is 0. The van der Waals surface area contributed by atoms with E-state index in [2.05, 4.69) is 0 Å². The lowest BCUT2D eigenvalue weighted by molar-refractivity contribution is -0.137. The molecule has 0 unspecified atom stereocenters. The van der Waals surface area contributed by atoms with Gasteiger partial charge >= 0.3 is 11.9 Å². The molecule has 2 N–H and O–H groups in total. The van der Waals surface area contributed by atoms with Gasteiger partial charge in [-0.05, 0) is 6.92 Å². The lowest BCUT2D eigenvalue weighted by Crippen LogP contribution is -2.01. The zero-order chi connectivity index (χ0) is 11.0. The van der Waals surface area contributed by atoms with Crippen molar-refractivity contribution < 1.29 is 19.8 Å². The zero-order valence-electron chi connectivity index (χ0n) is 7.93. The van der Waals surface area contributed by atoms with Crippen molar-refractivity contribution in [2.24, 2.45) is 0 Å². The molecule has 6 heteroatoms. The van der Waals surface area contributed by atoms with Gasteiger partial charge in [0, 0.05) is 16.1 Å². The summed E-state index contributed by atoms with van der Waals surface area (Å²) in [5, 5.41) is 16.8. The first kappa shape index (κ1) is 13.6. The predicted octanol–water partition coefficient (Wildman–Crippen LogP) is 1.75. The quantitative estimate of drug-likeness (QED) is 0.627. The van der Waals surface area contributed by atoms with E-state index in [9.17, 15) is 9.59 Å². The Bertz CT molecular complexity index is 176. The van der Waals surface area contributed by atoms with Crippen molar-refractivity contribution in [1.29, 1.82) is 0 Å². The Kier molecular flexibility index (Phi) is 7.78. The van der Waals surface area contributed by atoms with Crippen LogP contribution in [0.3, 0.4) is 0 Å². The smallest absolute Gasteiger partial charge is 0.304 e. The van der Waals surface area contributed by atoms with Crippen LogP contribution < -0.4 is 0 Å². The maximum Gasteiger partial charge on any atom is 0.304 e. The molecule has 0 atom stereocenters. The highest BCUT2D eigenvalue weighted by molar-refractivity contribution is 8.16. The number of rotatable bonds is 8. The molecule has 0 saturated carbocycles. The van der Waals surface area contributed by atoms with Crippen molar-refractivity contribution in [1.82, 2.24) is 0 Å². The summed E-state index contributed by atoms with van der Waals surface area (Å²) in [7, 11) is 0. The minimum Gasteiger partial charge on any atom is -0.481 e. The van der Waals surface area contributed by atoms with Gasteiger partial charge in [0.25, 0.3) is 0 Å². The van der Waals surface area contributed by atoms with Crippen LogP contribution in [-0.4, -0.2) is 38.2 Å². The fourth-order valence-electron chi connectivity index (χ4n) is 0.673. The van der Waals surface area contributed by atoms with Crippen molar-refractivity contribution >= 4 is 35.5 Å². The number of aliphatic carboxylic acids is 2. The topological polar surface area (TPSA) is 74.6 Å². The minimum absolute atomic E-state index is 0.161. The molecule has 0 aromatic heterocycles. The number of carbonyl (C=O) groups is 2. The second-order valence-electron chi connectivity index (χ2n) is 2.60. The van der Waals surface area contributed by atoms with Gasteiger partial charge < -0.3 is 10.2 Å². The third-order valence-corrected chi connectivity index (χ3v) is 3.97. The van der Waals surface area contributed by atoms with E-state index in [1.165, 1.54) is 0 Å². The maximum atomic E-state index is 10.2. The van der Waals surface area contributed by atoms with Gasteiger partial charge in [0.2, 0.25) is 0 Å². The monoisotopic (exact) mass is 238 g/mol. The van der Waals surface area contributed by atoms with E-state index in [1.807, 2.05) is 6.92 Å². The first-order chi connectivity index (χ1) is 6.52. The summed E-state index contributed by atoms with van der Waals surface area (Å²) < 4.78 is 0.258. The molecule has 0 radical (unpaired) electrons. The molecule has 0 heterocycles. The summed E-state index contributed by atoms with van der Waals surface area (Å²) in [6.07, 6.45) is 0.322. The molecule has 0 rings (SSSR count). The van der Waals surface area contributed by atoms with Gasteiger partial charge in [-0.3, -0.25) is 9.59 Å². The van der Waals surface area contributed by atoms with Crippen molar-refractivity contribution in [3.8, 4) is 0 Å². The van der Waals surface area contributed by atoms with E-state index in [0.29, 0.717) is 11.5 Å². The predicted molar refractivity (Wildman–Crippen MR) is 58.9 cm³/mol. The van der Waals surface area contributed by atoms with Crippen LogP contribution in [0.1, 0.15) is 19.8 Å². The Balaban J connectivity index is 3.32. The number of thioether (sulfide) groups is 2. The fourth-order valence-corrected chi connectivity index (χ4v) is 2.88. The van der Waals surface area contributed by atoms with Gasteiger partial charge in [0.15, 0.2) is 0 Å². The fraction of sp³-hybridized carbons (Fsp3) is 0.750. The van der Waals surface area contributed by atoms with E-state index in [0.717, 1.165) is 0 Å². The molecule has 0 aromatic rings. The molecule has 0 aromatic carbocycles. The second-order valence-corrected chi connectivity index (χ2v) is 5.79. The van der Waals surface area contributed by atoms with Crippen molar-refractivity contribution in [2.75, 3.05) is 11.5 Å². The Morgan fingerprint density at radius 1 is 1.07 bits per heavy atom. The number of carboxylic acid groups (broad SMARTS) is 2. The molecular formula is C8H14O4S2. The highest BCUT2D eigenvalue weighted by Gasteiger charge is 2.05. The van der Waals surface area contributed by atoms with Crippen LogP contribution in [0.4, 0.5) is 0 Å². The first-order valence-electron chi connectivity index (χ1n) is 4.19. The largest absolute Gasteiger partial charge is 0.481 e. The molecule has 0 bridgehead atoms. The van der Waals surface area contributed by atoms with Crippen LogP contribution in [0.25, 0.3) is 0 Å². The zero-order valence-corrected chi connectivity index (χ0v) is 9.57. The van der Waals surface area contributed by atoms with Gasteiger partial charge in [-0.15, -0.1) is 23.5 Å². The van der Waals surface area contributed by atoms with Crippen molar-refractivity contribution in [3.05, 3.63) is 0 Å². The van der Waals surface area contributed by atoms with Crippen LogP contribution in [-0.2, 0) is 9.59 Å². The molecule has 0 aliphatic heterocycles. The molecule has 14 heavy (non-hydrogen) atoms. The van der Waals surface area contributed by atoms with Gasteiger partial charge in [-0.25, -0.2) is 0 Å². The normalized spacial score (nSPS) is 10.4. The average molecular weight is 238 g/mol. The molecular weight excluding hydrogens is 224 g/mol. The van der Waals surface area contributed by atoms with Crippen LogP contribution in [0.5, 0.6) is 0 Å². The van der Waals surface area contributed by atoms with Crippen LogP contribution >= 0.6 is 23.5 Å². The lowest BCUT2D eigenvalue weighted by Gasteiger charge is -2.08. The van der Waals surface area contributed by atoms with Gasteiger partial charge in [0.1, 0.15) is 0 Å². The van der Waals surface area contributed by atoms with E-state index in [-0.39, 0.29) is 17.4 Å². The molecule has 0 fully saturated rings. The summed E-state index contributed by atoms with van der Waals surface area (Å²) in [4.78, 5) is 20.4. The second kappa shape index (κ2) is 7.99. The van der Waals surface area contributed by atoms with Gasteiger partial charge in [0.05, 0.1) is 12.8 Å². The lowest BCUT2D eigenvalue weighted by atomic mass is 10.5. The van der Waals surface area contributed by atoms with E-state index in [1.54, 1.807) is 23.5 Å². The van der Waals surface area contributed by atoms with Crippen LogP contribution in [0.2, 0.25) is 0 Å². The highest BCUT2D eigenvalue weighted by atomic mass is 32.2. The average Bonchev–Trinajstić information content (AvgIpc) is 2.02.